The Balaban J connectivity index is 2.20. The molecule has 2 rings (SSSR count). The van der Waals surface area contributed by atoms with Gasteiger partial charge < -0.3 is 15.1 Å². The highest BCUT2D eigenvalue weighted by molar-refractivity contribution is 5.90. The lowest BCUT2D eigenvalue weighted by atomic mass is 9.83. The predicted octanol–water partition coefficient (Wildman–Crippen LogP) is 2.44. The molecule has 6 nitrogen and oxygen atoms in total. The topological polar surface area (TPSA) is 69.7 Å². The quantitative estimate of drug-likeness (QED) is 0.681. The van der Waals surface area contributed by atoms with Gasteiger partial charge in [0.2, 0.25) is 17.7 Å². The largest absolute Gasteiger partial charge is 0.344 e. The minimum absolute atomic E-state index is 0.101. The first-order valence-corrected chi connectivity index (χ1v) is 9.62. The SMILES string of the molecule is C=CCN(CC=C)C(=O)C(C)NC(=O)C1CCC(=O)N(C)C1c1cccc(F)c1. The number of benzene rings is 1. The third-order valence-electron chi connectivity index (χ3n) is 5.13. The number of hydrogen-bond donors (Lipinski definition) is 1. The number of carbonyl (C=O) groups excluding carboxylic acids is 3. The van der Waals surface area contributed by atoms with E-state index in [1.165, 1.54) is 21.9 Å². The van der Waals surface area contributed by atoms with E-state index in [0.717, 1.165) is 0 Å². The van der Waals surface area contributed by atoms with Gasteiger partial charge in [-0.1, -0.05) is 24.3 Å². The molecule has 3 atom stereocenters. The first kappa shape index (κ1) is 22.3. The van der Waals surface area contributed by atoms with Gasteiger partial charge in [0.1, 0.15) is 11.9 Å². The highest BCUT2D eigenvalue weighted by Gasteiger charge is 2.39. The van der Waals surface area contributed by atoms with Crippen LogP contribution in [0.25, 0.3) is 0 Å². The second-order valence-electron chi connectivity index (χ2n) is 7.20. The maximum absolute atomic E-state index is 13.8. The van der Waals surface area contributed by atoms with E-state index in [1.807, 2.05) is 0 Å². The number of carbonyl (C=O) groups is 3. The van der Waals surface area contributed by atoms with Crippen LogP contribution in [0.1, 0.15) is 31.4 Å². The van der Waals surface area contributed by atoms with Crippen molar-refractivity contribution in [3.63, 3.8) is 0 Å². The maximum Gasteiger partial charge on any atom is 0.245 e. The summed E-state index contributed by atoms with van der Waals surface area (Å²) in [6.07, 6.45) is 3.77. The molecule has 1 fully saturated rings. The maximum atomic E-state index is 13.8. The van der Waals surface area contributed by atoms with Crippen LogP contribution in [0.5, 0.6) is 0 Å². The fourth-order valence-corrected chi connectivity index (χ4v) is 3.68. The Hall–Kier alpha value is -2.96. The molecule has 1 aromatic carbocycles. The van der Waals surface area contributed by atoms with Gasteiger partial charge in [-0.05, 0) is 31.0 Å². The van der Waals surface area contributed by atoms with Crippen LogP contribution in [0, 0.1) is 11.7 Å². The van der Waals surface area contributed by atoms with Crippen molar-refractivity contribution in [2.45, 2.75) is 31.8 Å². The summed E-state index contributed by atoms with van der Waals surface area (Å²) in [5, 5.41) is 2.77. The summed E-state index contributed by atoms with van der Waals surface area (Å²) < 4.78 is 13.8. The van der Waals surface area contributed by atoms with Gasteiger partial charge in [0.25, 0.3) is 0 Å². The zero-order valence-corrected chi connectivity index (χ0v) is 16.9. The fourth-order valence-electron chi connectivity index (χ4n) is 3.68. The summed E-state index contributed by atoms with van der Waals surface area (Å²) in [5.74, 6) is -1.70. The zero-order valence-electron chi connectivity index (χ0n) is 16.9. The van der Waals surface area contributed by atoms with E-state index in [4.69, 9.17) is 0 Å². The van der Waals surface area contributed by atoms with E-state index in [9.17, 15) is 18.8 Å². The van der Waals surface area contributed by atoms with E-state index < -0.39 is 23.8 Å². The molecule has 1 aromatic rings. The van der Waals surface area contributed by atoms with Gasteiger partial charge in [-0.25, -0.2) is 4.39 Å². The molecule has 1 aliphatic rings. The minimum atomic E-state index is -0.751. The standard InChI is InChI=1S/C22H28FN3O3/c1-5-12-26(13-6-2)22(29)15(3)24-21(28)18-10-11-19(27)25(4)20(18)16-8-7-9-17(23)14-16/h5-9,14-15,18,20H,1-2,10-13H2,3-4H3,(H,24,28). The Morgan fingerprint density at radius 1 is 1.34 bits per heavy atom. The fraction of sp³-hybridized carbons (Fsp3) is 0.409. The van der Waals surface area contributed by atoms with E-state index in [0.29, 0.717) is 25.1 Å². The number of nitrogens with one attached hydrogen (secondary N) is 1. The van der Waals surface area contributed by atoms with Gasteiger partial charge in [-0.3, -0.25) is 14.4 Å². The lowest BCUT2D eigenvalue weighted by molar-refractivity contribution is -0.143. The van der Waals surface area contributed by atoms with Crippen molar-refractivity contribution >= 4 is 17.7 Å². The van der Waals surface area contributed by atoms with Crippen molar-refractivity contribution in [2.75, 3.05) is 20.1 Å². The molecule has 156 valence electrons. The van der Waals surface area contributed by atoms with Crippen LogP contribution in [0.15, 0.2) is 49.6 Å². The summed E-state index contributed by atoms with van der Waals surface area (Å²) in [4.78, 5) is 40.9. The van der Waals surface area contributed by atoms with Gasteiger partial charge in [-0.15, -0.1) is 13.2 Å². The number of rotatable bonds is 8. The second kappa shape index (κ2) is 10.0. The highest BCUT2D eigenvalue weighted by Crippen LogP contribution is 2.36. The molecule has 0 aromatic heterocycles. The molecule has 7 heteroatoms. The highest BCUT2D eigenvalue weighted by atomic mass is 19.1. The average Bonchev–Trinajstić information content (AvgIpc) is 2.69. The third-order valence-corrected chi connectivity index (χ3v) is 5.13. The summed E-state index contributed by atoms with van der Waals surface area (Å²) in [7, 11) is 1.61. The van der Waals surface area contributed by atoms with Crippen molar-refractivity contribution < 1.29 is 18.8 Å². The first-order chi connectivity index (χ1) is 13.8. The second-order valence-corrected chi connectivity index (χ2v) is 7.20. The summed E-state index contributed by atoms with van der Waals surface area (Å²) in [6, 6.07) is 4.57. The summed E-state index contributed by atoms with van der Waals surface area (Å²) >= 11 is 0. The van der Waals surface area contributed by atoms with Crippen LogP contribution < -0.4 is 5.32 Å². The molecule has 0 saturated carbocycles. The smallest absolute Gasteiger partial charge is 0.245 e. The molecule has 1 N–H and O–H groups in total. The molecule has 0 radical (unpaired) electrons. The molecule has 29 heavy (non-hydrogen) atoms. The number of hydrogen-bond acceptors (Lipinski definition) is 3. The van der Waals surface area contributed by atoms with E-state index in [2.05, 4.69) is 18.5 Å². The van der Waals surface area contributed by atoms with Crippen LogP contribution in [-0.4, -0.2) is 53.7 Å². The molecule has 1 heterocycles. The molecule has 0 spiro atoms. The van der Waals surface area contributed by atoms with Crippen LogP contribution in [0.4, 0.5) is 4.39 Å². The molecule has 1 saturated heterocycles. The van der Waals surface area contributed by atoms with Gasteiger partial charge >= 0.3 is 0 Å². The molecule has 0 bridgehead atoms. The lowest BCUT2D eigenvalue weighted by Gasteiger charge is -2.39. The lowest BCUT2D eigenvalue weighted by Crippen LogP contribution is -2.52. The number of amides is 3. The summed E-state index contributed by atoms with van der Waals surface area (Å²) in [5.41, 5.74) is 0.555. The van der Waals surface area contributed by atoms with Crippen molar-refractivity contribution in [3.8, 4) is 0 Å². The Bertz CT molecular complexity index is 785. The molecule has 0 aliphatic carbocycles. The number of halogens is 1. The Kier molecular flexibility index (Phi) is 7.70. The number of likely N-dealkylation sites (tertiary alicyclic amines) is 1. The van der Waals surface area contributed by atoms with E-state index in [1.54, 1.807) is 38.3 Å². The van der Waals surface area contributed by atoms with Crippen LogP contribution in [0.3, 0.4) is 0 Å². The Labute approximate surface area is 171 Å². The van der Waals surface area contributed by atoms with Crippen molar-refractivity contribution in [3.05, 3.63) is 61.0 Å². The number of nitrogens with zero attached hydrogens (tertiary/aromatic N) is 2. The molecular formula is C22H28FN3O3. The summed E-state index contributed by atoms with van der Waals surface area (Å²) in [6.45, 7) is 9.59. The zero-order chi connectivity index (χ0) is 21.6. The van der Waals surface area contributed by atoms with Crippen molar-refractivity contribution in [2.24, 2.45) is 5.92 Å². The molecule has 3 amide bonds. The van der Waals surface area contributed by atoms with Crippen LogP contribution in [-0.2, 0) is 14.4 Å². The Morgan fingerprint density at radius 3 is 2.59 bits per heavy atom. The minimum Gasteiger partial charge on any atom is -0.344 e. The normalized spacial score (nSPS) is 20.0. The molecule has 1 aliphatic heterocycles. The van der Waals surface area contributed by atoms with Gasteiger partial charge in [0.05, 0.1) is 12.0 Å². The van der Waals surface area contributed by atoms with E-state index >= 15 is 0 Å². The monoisotopic (exact) mass is 401 g/mol. The molecular weight excluding hydrogens is 373 g/mol. The van der Waals surface area contributed by atoms with Crippen LogP contribution >= 0.6 is 0 Å². The van der Waals surface area contributed by atoms with Crippen LogP contribution in [0.2, 0.25) is 0 Å². The predicted molar refractivity (Wildman–Crippen MR) is 109 cm³/mol. The van der Waals surface area contributed by atoms with Gasteiger partial charge in [0, 0.05) is 26.6 Å². The van der Waals surface area contributed by atoms with Crippen molar-refractivity contribution in [1.82, 2.24) is 15.1 Å². The van der Waals surface area contributed by atoms with Crippen molar-refractivity contribution in [1.29, 1.82) is 0 Å². The molecule has 3 unspecified atom stereocenters. The first-order valence-electron chi connectivity index (χ1n) is 9.62. The number of piperidine rings is 1. The third kappa shape index (κ3) is 5.31. The van der Waals surface area contributed by atoms with Gasteiger partial charge in [-0.2, -0.15) is 0 Å². The van der Waals surface area contributed by atoms with Gasteiger partial charge in [0.15, 0.2) is 0 Å². The Morgan fingerprint density at radius 2 is 2.00 bits per heavy atom. The average molecular weight is 401 g/mol. The van der Waals surface area contributed by atoms with E-state index in [-0.39, 0.29) is 24.1 Å².